The molecule has 18 heavy (non-hydrogen) atoms. The molecule has 0 saturated carbocycles. The first-order valence-corrected chi connectivity index (χ1v) is 4.97. The van der Waals surface area contributed by atoms with E-state index in [4.69, 9.17) is 4.74 Å². The Balaban J connectivity index is 2.36. The average molecular weight is 252 g/mol. The van der Waals surface area contributed by atoms with Gasteiger partial charge in [0.15, 0.2) is 11.6 Å². The first-order valence-electron chi connectivity index (χ1n) is 4.97. The van der Waals surface area contributed by atoms with Crippen LogP contribution in [0.5, 0.6) is 11.5 Å². The van der Waals surface area contributed by atoms with Gasteiger partial charge < -0.3 is 4.74 Å². The lowest BCUT2D eigenvalue weighted by atomic mass is 10.2. The number of benzene rings is 2. The van der Waals surface area contributed by atoms with Gasteiger partial charge in [-0.1, -0.05) is 0 Å². The summed E-state index contributed by atoms with van der Waals surface area (Å²) in [7, 11) is 0. The van der Waals surface area contributed by atoms with Crippen LogP contribution in [-0.4, -0.2) is 6.29 Å². The van der Waals surface area contributed by atoms with Crippen LogP contribution in [0.15, 0.2) is 36.4 Å². The quantitative estimate of drug-likeness (QED) is 0.778. The van der Waals surface area contributed by atoms with E-state index < -0.39 is 17.5 Å². The minimum absolute atomic E-state index is 0.0433. The number of hydrogen-bond donors (Lipinski definition) is 0. The number of ether oxygens (including phenoxy) is 1. The number of rotatable bonds is 3. The van der Waals surface area contributed by atoms with E-state index in [2.05, 4.69) is 0 Å². The Kier molecular flexibility index (Phi) is 3.32. The summed E-state index contributed by atoms with van der Waals surface area (Å²) in [5.41, 5.74) is 0.0433. The molecule has 0 fully saturated rings. The number of aldehydes is 1. The summed E-state index contributed by atoms with van der Waals surface area (Å²) in [4.78, 5) is 10.5. The SMILES string of the molecule is O=Cc1cc(F)cc(Oc2cc(F)ccc2F)c1. The number of halogens is 3. The van der Waals surface area contributed by atoms with Crippen molar-refractivity contribution in [3.63, 3.8) is 0 Å². The number of carbonyl (C=O) groups excluding carboxylic acids is 1. The Morgan fingerprint density at radius 3 is 2.44 bits per heavy atom. The molecule has 0 aliphatic carbocycles. The highest BCUT2D eigenvalue weighted by Crippen LogP contribution is 2.26. The van der Waals surface area contributed by atoms with E-state index in [1.54, 1.807) is 0 Å². The third-order valence-corrected chi connectivity index (χ3v) is 2.15. The summed E-state index contributed by atoms with van der Waals surface area (Å²) >= 11 is 0. The molecule has 5 heteroatoms. The Morgan fingerprint density at radius 2 is 1.72 bits per heavy atom. The second-order valence-corrected chi connectivity index (χ2v) is 3.51. The van der Waals surface area contributed by atoms with Gasteiger partial charge in [-0.3, -0.25) is 4.79 Å². The maximum atomic E-state index is 13.3. The summed E-state index contributed by atoms with van der Waals surface area (Å²) in [5, 5.41) is 0. The largest absolute Gasteiger partial charge is 0.454 e. The van der Waals surface area contributed by atoms with Crippen LogP contribution in [0, 0.1) is 17.5 Å². The van der Waals surface area contributed by atoms with Crippen molar-refractivity contribution in [2.75, 3.05) is 0 Å². The van der Waals surface area contributed by atoms with Gasteiger partial charge in [-0.15, -0.1) is 0 Å². The average Bonchev–Trinajstić information content (AvgIpc) is 2.33. The van der Waals surface area contributed by atoms with E-state index in [-0.39, 0.29) is 17.1 Å². The van der Waals surface area contributed by atoms with Gasteiger partial charge in [0.1, 0.15) is 23.7 Å². The smallest absolute Gasteiger partial charge is 0.165 e. The minimum atomic E-state index is -0.784. The highest BCUT2D eigenvalue weighted by Gasteiger charge is 2.08. The molecule has 2 nitrogen and oxygen atoms in total. The monoisotopic (exact) mass is 252 g/mol. The summed E-state index contributed by atoms with van der Waals surface area (Å²) in [5.74, 6) is -2.63. The van der Waals surface area contributed by atoms with Crippen LogP contribution in [0.3, 0.4) is 0 Å². The van der Waals surface area contributed by atoms with Crippen LogP contribution >= 0.6 is 0 Å². The van der Waals surface area contributed by atoms with Gasteiger partial charge in [-0.05, 0) is 24.3 Å². The molecule has 2 aromatic carbocycles. The molecule has 0 bridgehead atoms. The third kappa shape index (κ3) is 2.68. The fourth-order valence-electron chi connectivity index (χ4n) is 1.39. The van der Waals surface area contributed by atoms with Gasteiger partial charge in [-0.25, -0.2) is 13.2 Å². The standard InChI is InChI=1S/C13H7F3O2/c14-9-1-2-12(16)13(6-9)18-11-4-8(7-17)3-10(15)5-11/h1-7H. The van der Waals surface area contributed by atoms with Crippen LogP contribution in [-0.2, 0) is 0 Å². The predicted molar refractivity (Wildman–Crippen MR) is 58.2 cm³/mol. The Hall–Kier alpha value is -2.30. The van der Waals surface area contributed by atoms with E-state index in [0.29, 0.717) is 6.29 Å². The van der Waals surface area contributed by atoms with E-state index in [9.17, 15) is 18.0 Å². The van der Waals surface area contributed by atoms with Crippen LogP contribution in [0.1, 0.15) is 10.4 Å². The zero-order valence-electron chi connectivity index (χ0n) is 8.99. The molecule has 0 spiro atoms. The molecular formula is C13H7F3O2. The highest BCUT2D eigenvalue weighted by molar-refractivity contribution is 5.75. The molecule has 0 saturated heterocycles. The lowest BCUT2D eigenvalue weighted by Gasteiger charge is -2.07. The van der Waals surface area contributed by atoms with Crippen molar-refractivity contribution in [1.29, 1.82) is 0 Å². The van der Waals surface area contributed by atoms with Crippen LogP contribution in [0.2, 0.25) is 0 Å². The summed E-state index contributed by atoms with van der Waals surface area (Å²) < 4.78 is 44.3. The van der Waals surface area contributed by atoms with Crippen molar-refractivity contribution in [1.82, 2.24) is 0 Å². The van der Waals surface area contributed by atoms with Gasteiger partial charge in [0, 0.05) is 17.7 Å². The molecule has 0 aliphatic heterocycles. The highest BCUT2D eigenvalue weighted by atomic mass is 19.1. The van der Waals surface area contributed by atoms with E-state index in [0.717, 1.165) is 30.3 Å². The molecule has 0 unspecified atom stereocenters. The van der Waals surface area contributed by atoms with E-state index >= 15 is 0 Å². The van der Waals surface area contributed by atoms with Crippen molar-refractivity contribution in [3.05, 3.63) is 59.4 Å². The van der Waals surface area contributed by atoms with Gasteiger partial charge in [-0.2, -0.15) is 0 Å². The second-order valence-electron chi connectivity index (χ2n) is 3.51. The Bertz CT molecular complexity index is 597. The lowest BCUT2D eigenvalue weighted by Crippen LogP contribution is -1.92. The van der Waals surface area contributed by atoms with Crippen molar-refractivity contribution >= 4 is 6.29 Å². The molecule has 2 rings (SSSR count). The Labute approximate surface area is 101 Å². The maximum Gasteiger partial charge on any atom is 0.165 e. The van der Waals surface area contributed by atoms with Crippen LogP contribution < -0.4 is 4.74 Å². The molecule has 0 radical (unpaired) electrons. The molecule has 0 aromatic heterocycles. The summed E-state index contributed by atoms with van der Waals surface area (Å²) in [6.07, 6.45) is 0.428. The van der Waals surface area contributed by atoms with Crippen molar-refractivity contribution < 1.29 is 22.7 Å². The second kappa shape index (κ2) is 4.91. The topological polar surface area (TPSA) is 26.3 Å². The first kappa shape index (κ1) is 12.2. The molecule has 0 aliphatic rings. The molecule has 0 heterocycles. The maximum absolute atomic E-state index is 13.3. The fourth-order valence-corrected chi connectivity index (χ4v) is 1.39. The lowest BCUT2D eigenvalue weighted by molar-refractivity contribution is 0.112. The van der Waals surface area contributed by atoms with Crippen molar-refractivity contribution in [3.8, 4) is 11.5 Å². The van der Waals surface area contributed by atoms with E-state index in [1.165, 1.54) is 6.07 Å². The number of carbonyl (C=O) groups is 1. The number of hydrogen-bond acceptors (Lipinski definition) is 2. The van der Waals surface area contributed by atoms with Gasteiger partial charge in [0.25, 0.3) is 0 Å². The van der Waals surface area contributed by atoms with Gasteiger partial charge in [0.05, 0.1) is 0 Å². The normalized spacial score (nSPS) is 10.2. The van der Waals surface area contributed by atoms with E-state index in [1.807, 2.05) is 0 Å². The molecule has 2 aromatic rings. The minimum Gasteiger partial charge on any atom is -0.454 e. The molecule has 92 valence electrons. The fraction of sp³-hybridized carbons (Fsp3) is 0. The van der Waals surface area contributed by atoms with Crippen molar-refractivity contribution in [2.45, 2.75) is 0 Å². The molecule has 0 atom stereocenters. The third-order valence-electron chi connectivity index (χ3n) is 2.15. The Morgan fingerprint density at radius 1 is 0.944 bits per heavy atom. The first-order chi connectivity index (χ1) is 8.58. The van der Waals surface area contributed by atoms with Gasteiger partial charge in [0.2, 0.25) is 0 Å². The van der Waals surface area contributed by atoms with Crippen LogP contribution in [0.25, 0.3) is 0 Å². The zero-order valence-corrected chi connectivity index (χ0v) is 8.99. The van der Waals surface area contributed by atoms with Crippen molar-refractivity contribution in [2.24, 2.45) is 0 Å². The molecular weight excluding hydrogens is 245 g/mol. The predicted octanol–water partition coefficient (Wildman–Crippen LogP) is 3.71. The van der Waals surface area contributed by atoms with Crippen LogP contribution in [0.4, 0.5) is 13.2 Å². The molecule has 0 N–H and O–H groups in total. The van der Waals surface area contributed by atoms with Gasteiger partial charge >= 0.3 is 0 Å². The zero-order chi connectivity index (χ0) is 13.1. The summed E-state index contributed by atoms with van der Waals surface area (Å²) in [6, 6.07) is 5.86. The molecule has 0 amide bonds. The summed E-state index contributed by atoms with van der Waals surface area (Å²) in [6.45, 7) is 0.